The summed E-state index contributed by atoms with van der Waals surface area (Å²) in [5, 5.41) is 3.41. The van der Waals surface area contributed by atoms with Crippen molar-refractivity contribution in [3.63, 3.8) is 0 Å². The van der Waals surface area contributed by atoms with Gasteiger partial charge in [-0.05, 0) is 24.1 Å². The molecule has 0 fully saturated rings. The predicted molar refractivity (Wildman–Crippen MR) is 83.2 cm³/mol. The van der Waals surface area contributed by atoms with E-state index in [0.717, 1.165) is 12.2 Å². The van der Waals surface area contributed by atoms with E-state index in [4.69, 9.17) is 18.0 Å². The van der Waals surface area contributed by atoms with Gasteiger partial charge in [0.25, 0.3) is 0 Å². The largest absolute Gasteiger partial charge is 0.388 e. The van der Waals surface area contributed by atoms with Gasteiger partial charge >= 0.3 is 0 Å². The molecule has 0 amide bonds. The number of hydrogen-bond acceptors (Lipinski definition) is 3. The Labute approximate surface area is 118 Å². The summed E-state index contributed by atoms with van der Waals surface area (Å²) in [7, 11) is 0. The normalized spacial score (nSPS) is 11.8. The summed E-state index contributed by atoms with van der Waals surface area (Å²) in [5.74, 6) is 0.793. The zero-order chi connectivity index (χ0) is 13.7. The van der Waals surface area contributed by atoms with Crippen LogP contribution >= 0.6 is 12.2 Å². The van der Waals surface area contributed by atoms with Crippen LogP contribution in [0.1, 0.15) is 30.6 Å². The number of nitrogens with one attached hydrogen (secondary N) is 1. The highest BCUT2D eigenvalue weighted by atomic mass is 32.1. The Morgan fingerprint density at radius 2 is 1.95 bits per heavy atom. The molecule has 0 aliphatic rings. The van der Waals surface area contributed by atoms with Gasteiger partial charge in [0.2, 0.25) is 0 Å². The highest BCUT2D eigenvalue weighted by Crippen LogP contribution is 2.21. The van der Waals surface area contributed by atoms with Crippen molar-refractivity contribution in [2.75, 3.05) is 5.32 Å². The summed E-state index contributed by atoms with van der Waals surface area (Å²) in [5.41, 5.74) is 7.48. The van der Waals surface area contributed by atoms with Gasteiger partial charge < -0.3 is 11.1 Å². The van der Waals surface area contributed by atoms with Gasteiger partial charge in [-0.3, -0.25) is 0 Å². The molecule has 0 saturated carbocycles. The molecule has 98 valence electrons. The number of nitrogens with two attached hydrogens (primary N) is 1. The van der Waals surface area contributed by atoms with Crippen LogP contribution in [0, 0.1) is 0 Å². The van der Waals surface area contributed by atoms with E-state index in [9.17, 15) is 0 Å². The van der Waals surface area contributed by atoms with Crippen LogP contribution < -0.4 is 11.1 Å². The molecule has 1 aromatic heterocycles. The molecule has 1 unspecified atom stereocenters. The molecule has 0 saturated heterocycles. The Morgan fingerprint density at radius 3 is 2.58 bits per heavy atom. The van der Waals surface area contributed by atoms with Crippen molar-refractivity contribution in [3.05, 3.63) is 59.8 Å². The van der Waals surface area contributed by atoms with E-state index in [2.05, 4.69) is 29.4 Å². The van der Waals surface area contributed by atoms with Crippen LogP contribution in [0.4, 0.5) is 5.82 Å². The number of thiocarbonyl (C=S) groups is 1. The molecular formula is C15H17N3S. The van der Waals surface area contributed by atoms with Gasteiger partial charge in [-0.2, -0.15) is 0 Å². The van der Waals surface area contributed by atoms with Crippen LogP contribution in [-0.4, -0.2) is 9.97 Å². The van der Waals surface area contributed by atoms with Crippen LogP contribution in [0.5, 0.6) is 0 Å². The third-order valence-corrected chi connectivity index (χ3v) is 3.14. The van der Waals surface area contributed by atoms with E-state index >= 15 is 0 Å². The summed E-state index contributed by atoms with van der Waals surface area (Å²) in [4.78, 5) is 4.72. The molecular weight excluding hydrogens is 254 g/mol. The molecule has 1 aromatic carbocycles. The lowest BCUT2D eigenvalue weighted by atomic mass is 10.0. The molecule has 19 heavy (non-hydrogen) atoms. The van der Waals surface area contributed by atoms with E-state index in [0.29, 0.717) is 10.7 Å². The van der Waals surface area contributed by atoms with Crippen molar-refractivity contribution in [3.8, 4) is 0 Å². The molecule has 1 heterocycles. The third kappa shape index (κ3) is 3.51. The fourth-order valence-electron chi connectivity index (χ4n) is 1.94. The Morgan fingerprint density at radius 1 is 1.21 bits per heavy atom. The summed E-state index contributed by atoms with van der Waals surface area (Å²) < 4.78 is 0. The first-order valence-corrected chi connectivity index (χ1v) is 6.70. The highest BCUT2D eigenvalue weighted by Gasteiger charge is 2.09. The van der Waals surface area contributed by atoms with E-state index in [1.807, 2.05) is 36.4 Å². The number of nitrogens with zero attached hydrogens (tertiary/aromatic N) is 1. The highest BCUT2D eigenvalue weighted by molar-refractivity contribution is 7.80. The second kappa shape index (κ2) is 6.29. The maximum atomic E-state index is 5.60. The lowest BCUT2D eigenvalue weighted by molar-refractivity contribution is 0.744. The maximum Gasteiger partial charge on any atom is 0.127 e. The number of aromatic nitrogens is 1. The second-order valence-electron chi connectivity index (χ2n) is 4.29. The van der Waals surface area contributed by atoms with Gasteiger partial charge in [-0.25, -0.2) is 4.98 Å². The van der Waals surface area contributed by atoms with Crippen molar-refractivity contribution >= 4 is 23.0 Å². The first-order chi connectivity index (χ1) is 9.20. The van der Waals surface area contributed by atoms with Crippen LogP contribution in [0.25, 0.3) is 0 Å². The summed E-state index contributed by atoms with van der Waals surface area (Å²) in [6.45, 7) is 2.14. The van der Waals surface area contributed by atoms with Gasteiger partial charge in [0.1, 0.15) is 10.8 Å². The van der Waals surface area contributed by atoms with Gasteiger partial charge in [-0.15, -0.1) is 0 Å². The third-order valence-electron chi connectivity index (χ3n) is 2.93. The molecule has 0 aliphatic heterocycles. The molecule has 0 radical (unpaired) electrons. The summed E-state index contributed by atoms with van der Waals surface area (Å²) in [6, 6.07) is 16.2. The topological polar surface area (TPSA) is 50.9 Å². The number of anilines is 1. The van der Waals surface area contributed by atoms with Crippen molar-refractivity contribution < 1.29 is 0 Å². The molecule has 0 bridgehead atoms. The van der Waals surface area contributed by atoms with Crippen LogP contribution in [-0.2, 0) is 0 Å². The van der Waals surface area contributed by atoms with Gasteiger partial charge in [0, 0.05) is 0 Å². The molecule has 0 aliphatic carbocycles. The minimum atomic E-state index is 0.232. The zero-order valence-electron chi connectivity index (χ0n) is 10.8. The molecule has 2 aromatic rings. The average molecular weight is 271 g/mol. The predicted octanol–water partition coefficient (Wildman–Crippen LogP) is 3.28. The van der Waals surface area contributed by atoms with E-state index in [-0.39, 0.29) is 6.04 Å². The number of hydrogen-bond donors (Lipinski definition) is 2. The quantitative estimate of drug-likeness (QED) is 0.819. The first kappa shape index (κ1) is 13.5. The maximum absolute atomic E-state index is 5.60. The minimum Gasteiger partial charge on any atom is -0.388 e. The Hall–Kier alpha value is -1.94. The van der Waals surface area contributed by atoms with Crippen molar-refractivity contribution in [1.82, 2.24) is 4.98 Å². The molecule has 3 N–H and O–H groups in total. The van der Waals surface area contributed by atoms with Crippen LogP contribution in [0.2, 0.25) is 0 Å². The molecule has 4 heteroatoms. The van der Waals surface area contributed by atoms with Crippen molar-refractivity contribution in [2.24, 2.45) is 5.73 Å². The van der Waals surface area contributed by atoms with E-state index < -0.39 is 0 Å². The molecule has 3 nitrogen and oxygen atoms in total. The molecule has 0 spiro atoms. The number of benzene rings is 1. The number of pyridine rings is 1. The van der Waals surface area contributed by atoms with Gasteiger partial charge in [0.05, 0.1) is 11.7 Å². The van der Waals surface area contributed by atoms with Gasteiger partial charge in [-0.1, -0.05) is 55.5 Å². The first-order valence-electron chi connectivity index (χ1n) is 6.29. The second-order valence-corrected chi connectivity index (χ2v) is 4.73. The fraction of sp³-hybridized carbons (Fsp3) is 0.200. The summed E-state index contributed by atoms with van der Waals surface area (Å²) >= 11 is 4.94. The lowest BCUT2D eigenvalue weighted by Gasteiger charge is -2.18. The lowest BCUT2D eigenvalue weighted by Crippen LogP contribution is -2.15. The minimum absolute atomic E-state index is 0.232. The SMILES string of the molecule is CCC(Nc1cccc(C(N)=S)n1)c1ccccc1. The smallest absolute Gasteiger partial charge is 0.127 e. The Balaban J connectivity index is 2.19. The van der Waals surface area contributed by atoms with Crippen LogP contribution in [0.3, 0.4) is 0 Å². The zero-order valence-corrected chi connectivity index (χ0v) is 11.7. The van der Waals surface area contributed by atoms with Crippen LogP contribution in [0.15, 0.2) is 48.5 Å². The monoisotopic (exact) mass is 271 g/mol. The van der Waals surface area contributed by atoms with E-state index in [1.165, 1.54) is 5.56 Å². The van der Waals surface area contributed by atoms with Crippen molar-refractivity contribution in [1.29, 1.82) is 0 Å². The molecule has 2 rings (SSSR count). The van der Waals surface area contributed by atoms with Gasteiger partial charge in [0.15, 0.2) is 0 Å². The Bertz CT molecular complexity index is 554. The summed E-state index contributed by atoms with van der Waals surface area (Å²) in [6.07, 6.45) is 0.975. The standard InChI is InChI=1S/C15H17N3S/c1-2-12(11-7-4-3-5-8-11)17-14-10-6-9-13(18-14)15(16)19/h3-10,12H,2H2,1H3,(H2,16,19)(H,17,18). The van der Waals surface area contributed by atoms with Crippen molar-refractivity contribution in [2.45, 2.75) is 19.4 Å². The fourth-order valence-corrected chi connectivity index (χ4v) is 2.05. The average Bonchev–Trinajstić information content (AvgIpc) is 2.46. The molecule has 1 atom stereocenters. The Kier molecular flexibility index (Phi) is 4.47. The number of rotatable bonds is 5. The van der Waals surface area contributed by atoms with E-state index in [1.54, 1.807) is 0 Å².